The number of hydrogen-bond acceptors (Lipinski definition) is 5. The normalized spacial score (nSPS) is 17.3. The quantitative estimate of drug-likeness (QED) is 0.546. The molecular weight excluding hydrogens is 340 g/mol. The Bertz CT molecular complexity index is 1220. The van der Waals surface area contributed by atoms with Crippen molar-refractivity contribution < 1.29 is 4.42 Å². The van der Waals surface area contributed by atoms with Gasteiger partial charge < -0.3 is 9.32 Å². The summed E-state index contributed by atoms with van der Waals surface area (Å²) in [6.45, 7) is 6.14. The van der Waals surface area contributed by atoms with E-state index in [1.165, 1.54) is 6.42 Å². The Morgan fingerprint density at radius 1 is 1.15 bits per heavy atom. The monoisotopic (exact) mass is 360 g/mol. The van der Waals surface area contributed by atoms with Gasteiger partial charge in [0.25, 0.3) is 5.56 Å². The molecule has 136 valence electrons. The van der Waals surface area contributed by atoms with Crippen LogP contribution in [0.3, 0.4) is 0 Å². The number of aromatic nitrogens is 3. The second-order valence-electron chi connectivity index (χ2n) is 7.35. The molecule has 1 atom stereocenters. The first-order valence-electron chi connectivity index (χ1n) is 9.23. The number of fused-ring (bicyclic) bond motifs is 2. The summed E-state index contributed by atoms with van der Waals surface area (Å²) in [4.78, 5) is 24.1. The van der Waals surface area contributed by atoms with Crippen LogP contribution in [0, 0.1) is 12.8 Å². The van der Waals surface area contributed by atoms with Crippen LogP contribution < -0.4 is 10.5 Å². The van der Waals surface area contributed by atoms with Gasteiger partial charge in [-0.05, 0) is 36.6 Å². The number of anilines is 1. The third kappa shape index (κ3) is 2.77. The van der Waals surface area contributed by atoms with Crippen LogP contribution in [0.5, 0.6) is 0 Å². The molecule has 0 bridgehead atoms. The standard InChI is InChI=1S/C21H20N4O2/c1-13-7-8-24(11-13)16-4-6-20-23-18(10-21(26)25(20)12-16)15-3-5-17-19(9-15)27-14(2)22-17/h3-6,9-10,12-13H,7-8,11H2,1-2H3/t13-/m1/s1. The van der Waals surface area contributed by atoms with Gasteiger partial charge >= 0.3 is 0 Å². The van der Waals surface area contributed by atoms with E-state index >= 15 is 0 Å². The highest BCUT2D eigenvalue weighted by molar-refractivity contribution is 5.79. The van der Waals surface area contributed by atoms with Gasteiger partial charge in [0.05, 0.1) is 11.4 Å². The highest BCUT2D eigenvalue weighted by atomic mass is 16.3. The van der Waals surface area contributed by atoms with Crippen LogP contribution in [-0.4, -0.2) is 27.5 Å². The van der Waals surface area contributed by atoms with Crippen LogP contribution in [0.2, 0.25) is 0 Å². The zero-order valence-electron chi connectivity index (χ0n) is 15.3. The highest BCUT2D eigenvalue weighted by Gasteiger charge is 2.19. The molecule has 4 aromatic rings. The Hall–Kier alpha value is -3.15. The number of nitrogens with zero attached hydrogens (tertiary/aromatic N) is 4. The highest BCUT2D eigenvalue weighted by Crippen LogP contribution is 2.25. The van der Waals surface area contributed by atoms with Crippen molar-refractivity contribution in [2.24, 2.45) is 5.92 Å². The summed E-state index contributed by atoms with van der Waals surface area (Å²) >= 11 is 0. The van der Waals surface area contributed by atoms with E-state index in [0.717, 1.165) is 29.9 Å². The molecule has 1 fully saturated rings. The van der Waals surface area contributed by atoms with Crippen LogP contribution >= 0.6 is 0 Å². The van der Waals surface area contributed by atoms with Crippen molar-refractivity contribution in [3.63, 3.8) is 0 Å². The predicted molar refractivity (Wildman–Crippen MR) is 105 cm³/mol. The molecule has 0 spiro atoms. The van der Waals surface area contributed by atoms with E-state index < -0.39 is 0 Å². The van der Waals surface area contributed by atoms with Gasteiger partial charge in [0.1, 0.15) is 11.2 Å². The molecule has 0 radical (unpaired) electrons. The maximum atomic E-state index is 12.7. The first kappa shape index (κ1) is 16.1. The third-order valence-electron chi connectivity index (χ3n) is 5.22. The number of rotatable bonds is 2. The van der Waals surface area contributed by atoms with E-state index in [0.29, 0.717) is 28.7 Å². The van der Waals surface area contributed by atoms with E-state index in [9.17, 15) is 4.79 Å². The average molecular weight is 360 g/mol. The minimum absolute atomic E-state index is 0.0852. The Labute approximate surface area is 156 Å². The summed E-state index contributed by atoms with van der Waals surface area (Å²) in [5.74, 6) is 1.31. The molecule has 1 aliphatic rings. The first-order valence-corrected chi connectivity index (χ1v) is 9.23. The van der Waals surface area contributed by atoms with Gasteiger partial charge in [-0.1, -0.05) is 13.0 Å². The second-order valence-corrected chi connectivity index (χ2v) is 7.35. The third-order valence-corrected chi connectivity index (χ3v) is 5.22. The fraction of sp³-hybridized carbons (Fsp3) is 0.286. The number of benzene rings is 1. The summed E-state index contributed by atoms with van der Waals surface area (Å²) in [6.07, 6.45) is 3.09. The maximum absolute atomic E-state index is 12.7. The van der Waals surface area contributed by atoms with Crippen LogP contribution in [0.15, 0.2) is 51.8 Å². The summed E-state index contributed by atoms with van der Waals surface area (Å²) < 4.78 is 7.23. The predicted octanol–water partition coefficient (Wildman–Crippen LogP) is 3.66. The van der Waals surface area contributed by atoms with Crippen molar-refractivity contribution in [1.82, 2.24) is 14.4 Å². The zero-order valence-corrected chi connectivity index (χ0v) is 15.3. The minimum Gasteiger partial charge on any atom is -0.441 e. The van der Waals surface area contributed by atoms with Gasteiger partial charge in [0, 0.05) is 37.8 Å². The molecule has 1 aromatic carbocycles. The number of aryl methyl sites for hydroxylation is 1. The summed E-state index contributed by atoms with van der Waals surface area (Å²) in [5.41, 5.74) is 4.61. The molecule has 5 rings (SSSR count). The van der Waals surface area contributed by atoms with E-state index in [4.69, 9.17) is 4.42 Å². The van der Waals surface area contributed by atoms with Gasteiger partial charge in [-0.3, -0.25) is 9.20 Å². The van der Waals surface area contributed by atoms with Crippen LogP contribution in [0.1, 0.15) is 19.2 Å². The molecule has 0 amide bonds. The van der Waals surface area contributed by atoms with E-state index in [-0.39, 0.29) is 5.56 Å². The van der Waals surface area contributed by atoms with Gasteiger partial charge in [-0.25, -0.2) is 9.97 Å². The van der Waals surface area contributed by atoms with Gasteiger partial charge in [0.15, 0.2) is 11.5 Å². The van der Waals surface area contributed by atoms with Gasteiger partial charge in [0.2, 0.25) is 0 Å². The Morgan fingerprint density at radius 2 is 2.04 bits per heavy atom. The molecular formula is C21H20N4O2. The number of oxazole rings is 1. The number of pyridine rings is 1. The summed E-state index contributed by atoms with van der Waals surface area (Å²) in [6, 6.07) is 11.2. The molecule has 0 saturated carbocycles. The van der Waals surface area contributed by atoms with Crippen LogP contribution in [0.25, 0.3) is 28.0 Å². The van der Waals surface area contributed by atoms with Crippen molar-refractivity contribution in [1.29, 1.82) is 0 Å². The topological polar surface area (TPSA) is 63.6 Å². The molecule has 27 heavy (non-hydrogen) atoms. The molecule has 6 nitrogen and oxygen atoms in total. The first-order chi connectivity index (χ1) is 13.1. The van der Waals surface area contributed by atoms with Crippen molar-refractivity contribution in [3.05, 3.63) is 58.8 Å². The Balaban J connectivity index is 1.58. The molecule has 0 N–H and O–H groups in total. The van der Waals surface area contributed by atoms with Crippen LogP contribution in [-0.2, 0) is 0 Å². The SMILES string of the molecule is Cc1nc2ccc(-c3cc(=O)n4cc(N5CC[C@@H](C)C5)ccc4n3)cc2o1. The summed E-state index contributed by atoms with van der Waals surface area (Å²) in [5, 5.41) is 0. The van der Waals surface area contributed by atoms with Crippen molar-refractivity contribution >= 4 is 22.4 Å². The Morgan fingerprint density at radius 3 is 2.85 bits per heavy atom. The molecule has 4 heterocycles. The lowest BCUT2D eigenvalue weighted by Crippen LogP contribution is -2.21. The average Bonchev–Trinajstić information content (AvgIpc) is 3.25. The van der Waals surface area contributed by atoms with E-state index in [1.807, 2.05) is 43.5 Å². The van der Waals surface area contributed by atoms with E-state index in [2.05, 4.69) is 21.8 Å². The smallest absolute Gasteiger partial charge is 0.258 e. The minimum atomic E-state index is -0.0852. The molecule has 6 heteroatoms. The Kier molecular flexibility index (Phi) is 3.53. The van der Waals surface area contributed by atoms with Crippen molar-refractivity contribution in [3.8, 4) is 11.3 Å². The van der Waals surface area contributed by atoms with Gasteiger partial charge in [-0.15, -0.1) is 0 Å². The van der Waals surface area contributed by atoms with Crippen molar-refractivity contribution in [2.45, 2.75) is 20.3 Å². The van der Waals surface area contributed by atoms with Crippen LogP contribution in [0.4, 0.5) is 5.69 Å². The molecule has 0 unspecified atom stereocenters. The fourth-order valence-corrected chi connectivity index (χ4v) is 3.80. The number of hydrogen-bond donors (Lipinski definition) is 0. The largest absolute Gasteiger partial charge is 0.441 e. The lowest BCUT2D eigenvalue weighted by molar-refractivity contribution is 0.561. The van der Waals surface area contributed by atoms with Gasteiger partial charge in [-0.2, -0.15) is 0 Å². The fourth-order valence-electron chi connectivity index (χ4n) is 3.80. The second kappa shape index (κ2) is 5.94. The molecule has 3 aromatic heterocycles. The van der Waals surface area contributed by atoms with Crippen molar-refractivity contribution in [2.75, 3.05) is 18.0 Å². The molecule has 1 aliphatic heterocycles. The molecule has 1 saturated heterocycles. The van der Waals surface area contributed by atoms with E-state index in [1.54, 1.807) is 10.5 Å². The lowest BCUT2D eigenvalue weighted by atomic mass is 10.1. The summed E-state index contributed by atoms with van der Waals surface area (Å²) in [7, 11) is 0. The maximum Gasteiger partial charge on any atom is 0.258 e. The lowest BCUT2D eigenvalue weighted by Gasteiger charge is -2.18. The zero-order chi connectivity index (χ0) is 18.5. The molecule has 0 aliphatic carbocycles.